The molecule has 0 bridgehead atoms. The molecule has 1 aromatic rings. The Balaban J connectivity index is 2.44. The highest BCUT2D eigenvalue weighted by molar-refractivity contribution is 5.18. The minimum atomic E-state index is -0.655. The minimum absolute atomic E-state index is 0.182. The van der Waals surface area contributed by atoms with Crippen LogP contribution in [0.3, 0.4) is 0 Å². The van der Waals surface area contributed by atoms with Gasteiger partial charge in [-0.1, -0.05) is 32.9 Å². The number of rotatable bonds is 4. The zero-order valence-electron chi connectivity index (χ0n) is 10.1. The topological polar surface area (TPSA) is 32.3 Å². The van der Waals surface area contributed by atoms with Crippen LogP contribution in [-0.2, 0) is 0 Å². The van der Waals surface area contributed by atoms with Crippen LogP contribution in [0.5, 0.6) is 0 Å². The molecule has 0 unspecified atom stereocenters. The first-order valence-corrected chi connectivity index (χ1v) is 5.53. The summed E-state index contributed by atoms with van der Waals surface area (Å²) in [6, 6.07) is 6.08. The molecule has 2 nitrogen and oxygen atoms in total. The van der Waals surface area contributed by atoms with Gasteiger partial charge in [0.2, 0.25) is 0 Å². The lowest BCUT2D eigenvalue weighted by Crippen LogP contribution is -2.30. The van der Waals surface area contributed by atoms with Gasteiger partial charge in [-0.3, -0.25) is 0 Å². The van der Waals surface area contributed by atoms with Crippen molar-refractivity contribution in [2.75, 3.05) is 13.1 Å². The van der Waals surface area contributed by atoms with Crippen LogP contribution >= 0.6 is 0 Å². The van der Waals surface area contributed by atoms with E-state index in [-0.39, 0.29) is 11.2 Å². The fourth-order valence-corrected chi connectivity index (χ4v) is 1.42. The van der Waals surface area contributed by atoms with Crippen molar-refractivity contribution < 1.29 is 9.50 Å². The minimum Gasteiger partial charge on any atom is -0.387 e. The molecule has 0 aliphatic rings. The second kappa shape index (κ2) is 5.41. The van der Waals surface area contributed by atoms with Crippen LogP contribution in [0.25, 0.3) is 0 Å². The fourth-order valence-electron chi connectivity index (χ4n) is 1.42. The van der Waals surface area contributed by atoms with Crippen molar-refractivity contribution in [3.05, 3.63) is 35.6 Å². The van der Waals surface area contributed by atoms with Crippen LogP contribution in [0.2, 0.25) is 0 Å². The Morgan fingerprint density at radius 3 is 2.62 bits per heavy atom. The third kappa shape index (κ3) is 4.73. The van der Waals surface area contributed by atoms with Crippen molar-refractivity contribution in [1.29, 1.82) is 0 Å². The number of nitrogens with one attached hydrogen (secondary N) is 1. The van der Waals surface area contributed by atoms with Gasteiger partial charge in [-0.05, 0) is 23.1 Å². The number of hydrogen-bond acceptors (Lipinski definition) is 2. The zero-order chi connectivity index (χ0) is 12.2. The predicted molar refractivity (Wildman–Crippen MR) is 63.7 cm³/mol. The van der Waals surface area contributed by atoms with E-state index in [0.29, 0.717) is 12.1 Å². The third-order valence-corrected chi connectivity index (χ3v) is 2.23. The molecule has 0 radical (unpaired) electrons. The molecule has 0 aliphatic heterocycles. The van der Waals surface area contributed by atoms with Crippen LogP contribution in [-0.4, -0.2) is 18.2 Å². The van der Waals surface area contributed by atoms with Crippen molar-refractivity contribution in [3.8, 4) is 0 Å². The number of hydrogen-bond donors (Lipinski definition) is 2. The van der Waals surface area contributed by atoms with E-state index < -0.39 is 6.10 Å². The van der Waals surface area contributed by atoms with Gasteiger partial charge in [0.05, 0.1) is 6.10 Å². The monoisotopic (exact) mass is 225 g/mol. The van der Waals surface area contributed by atoms with E-state index in [1.165, 1.54) is 12.1 Å². The Bertz CT molecular complexity index is 333. The zero-order valence-corrected chi connectivity index (χ0v) is 10.1. The molecule has 90 valence electrons. The summed E-state index contributed by atoms with van der Waals surface area (Å²) in [4.78, 5) is 0. The lowest BCUT2D eigenvalue weighted by Gasteiger charge is -2.20. The van der Waals surface area contributed by atoms with Gasteiger partial charge in [0, 0.05) is 13.1 Å². The second-order valence-corrected chi connectivity index (χ2v) is 5.26. The van der Waals surface area contributed by atoms with Crippen LogP contribution in [0.4, 0.5) is 4.39 Å². The summed E-state index contributed by atoms with van der Waals surface area (Å²) in [5.41, 5.74) is 0.795. The summed E-state index contributed by atoms with van der Waals surface area (Å²) in [5, 5.41) is 13.0. The molecule has 3 heteroatoms. The van der Waals surface area contributed by atoms with Crippen LogP contribution in [0, 0.1) is 11.2 Å². The summed E-state index contributed by atoms with van der Waals surface area (Å²) < 4.78 is 12.9. The predicted octanol–water partition coefficient (Wildman–Crippen LogP) is 2.49. The average Bonchev–Trinajstić information content (AvgIpc) is 2.15. The highest BCUT2D eigenvalue weighted by Crippen LogP contribution is 2.14. The normalized spacial score (nSPS) is 13.8. The maximum Gasteiger partial charge on any atom is 0.123 e. The molecule has 0 amide bonds. The number of halogens is 1. The van der Waals surface area contributed by atoms with Crippen LogP contribution < -0.4 is 5.32 Å². The molecule has 0 heterocycles. The smallest absolute Gasteiger partial charge is 0.123 e. The Hall–Kier alpha value is -0.930. The molecule has 1 aromatic carbocycles. The van der Waals surface area contributed by atoms with Gasteiger partial charge >= 0.3 is 0 Å². The van der Waals surface area contributed by atoms with Gasteiger partial charge in [-0.25, -0.2) is 4.39 Å². The summed E-state index contributed by atoms with van der Waals surface area (Å²) >= 11 is 0. The van der Waals surface area contributed by atoms with Crippen LogP contribution in [0.15, 0.2) is 24.3 Å². The first kappa shape index (κ1) is 13.1. The molecule has 0 saturated heterocycles. The molecule has 16 heavy (non-hydrogen) atoms. The quantitative estimate of drug-likeness (QED) is 0.825. The number of aliphatic hydroxyl groups is 1. The maximum atomic E-state index is 12.9. The van der Waals surface area contributed by atoms with Gasteiger partial charge < -0.3 is 10.4 Å². The van der Waals surface area contributed by atoms with Crippen molar-refractivity contribution in [1.82, 2.24) is 5.32 Å². The van der Waals surface area contributed by atoms with Gasteiger partial charge in [0.15, 0.2) is 0 Å². The Kier molecular flexibility index (Phi) is 4.44. The highest BCUT2D eigenvalue weighted by atomic mass is 19.1. The Morgan fingerprint density at radius 2 is 2.06 bits per heavy atom. The van der Waals surface area contributed by atoms with E-state index in [9.17, 15) is 9.50 Å². The molecule has 0 aliphatic carbocycles. The Labute approximate surface area is 96.5 Å². The lowest BCUT2D eigenvalue weighted by atomic mass is 9.97. The molecular weight excluding hydrogens is 205 g/mol. The summed E-state index contributed by atoms with van der Waals surface area (Å²) in [6.45, 7) is 7.62. The first-order chi connectivity index (χ1) is 7.38. The van der Waals surface area contributed by atoms with E-state index >= 15 is 0 Å². The average molecular weight is 225 g/mol. The van der Waals surface area contributed by atoms with Gasteiger partial charge in [-0.2, -0.15) is 0 Å². The number of aliphatic hydroxyl groups excluding tert-OH is 1. The van der Waals surface area contributed by atoms with Crippen molar-refractivity contribution in [2.24, 2.45) is 5.41 Å². The molecule has 1 atom stereocenters. The molecule has 2 N–H and O–H groups in total. The van der Waals surface area contributed by atoms with E-state index in [1.54, 1.807) is 12.1 Å². The molecule has 0 spiro atoms. The first-order valence-electron chi connectivity index (χ1n) is 5.53. The van der Waals surface area contributed by atoms with E-state index in [2.05, 4.69) is 26.1 Å². The van der Waals surface area contributed by atoms with Gasteiger partial charge in [-0.15, -0.1) is 0 Å². The maximum absolute atomic E-state index is 12.9. The molecule has 0 saturated carbocycles. The molecule has 0 aromatic heterocycles. The third-order valence-electron chi connectivity index (χ3n) is 2.23. The second-order valence-electron chi connectivity index (χ2n) is 5.26. The number of benzene rings is 1. The molecule has 0 fully saturated rings. The molecular formula is C13H20FNO. The van der Waals surface area contributed by atoms with Crippen molar-refractivity contribution in [2.45, 2.75) is 26.9 Å². The largest absolute Gasteiger partial charge is 0.387 e. The SMILES string of the molecule is CC(C)(C)CNC[C@H](O)c1cccc(F)c1. The standard InChI is InChI=1S/C13H20FNO/c1-13(2,3)9-15-8-12(16)10-5-4-6-11(14)7-10/h4-7,12,15-16H,8-9H2,1-3H3/t12-/m0/s1. The lowest BCUT2D eigenvalue weighted by molar-refractivity contribution is 0.169. The van der Waals surface area contributed by atoms with Crippen molar-refractivity contribution >= 4 is 0 Å². The van der Waals surface area contributed by atoms with Gasteiger partial charge in [0.1, 0.15) is 5.82 Å². The van der Waals surface area contributed by atoms with E-state index in [4.69, 9.17) is 0 Å². The van der Waals surface area contributed by atoms with Crippen molar-refractivity contribution in [3.63, 3.8) is 0 Å². The molecule has 1 rings (SSSR count). The van der Waals surface area contributed by atoms with Crippen LogP contribution in [0.1, 0.15) is 32.4 Å². The van der Waals surface area contributed by atoms with E-state index in [0.717, 1.165) is 6.54 Å². The Morgan fingerprint density at radius 1 is 1.38 bits per heavy atom. The fraction of sp³-hybridized carbons (Fsp3) is 0.538. The summed E-state index contributed by atoms with van der Waals surface area (Å²) in [6.07, 6.45) is -0.655. The highest BCUT2D eigenvalue weighted by Gasteiger charge is 2.12. The summed E-state index contributed by atoms with van der Waals surface area (Å²) in [5.74, 6) is -0.313. The summed E-state index contributed by atoms with van der Waals surface area (Å²) in [7, 11) is 0. The van der Waals surface area contributed by atoms with Gasteiger partial charge in [0.25, 0.3) is 0 Å². The van der Waals surface area contributed by atoms with E-state index in [1.807, 2.05) is 0 Å².